The molecule has 0 aliphatic carbocycles. The molecule has 5 heterocycles. The average molecular weight is 848 g/mol. The number of anilines is 2. The number of nitrogens with two attached hydrogens (primary N) is 1. The smallest absolute Gasteiger partial charge is 0.418 e. The first kappa shape index (κ1) is 42.8. The number of nitrogen functional groups attached to an aromatic ring is 1. The molecule has 3 N–H and O–H groups in total. The van der Waals surface area contributed by atoms with E-state index in [0.29, 0.717) is 84.5 Å². The van der Waals surface area contributed by atoms with Gasteiger partial charge < -0.3 is 40.0 Å². The van der Waals surface area contributed by atoms with Crippen molar-refractivity contribution in [3.8, 4) is 0 Å². The van der Waals surface area contributed by atoms with Gasteiger partial charge in [0.05, 0.1) is 29.5 Å². The fourth-order valence-corrected chi connectivity index (χ4v) is 9.25. The summed E-state index contributed by atoms with van der Waals surface area (Å²) in [5.74, 6) is -0.777. The van der Waals surface area contributed by atoms with Crippen LogP contribution in [-0.4, -0.2) is 151 Å². The molecule has 4 saturated heterocycles. The van der Waals surface area contributed by atoms with Crippen molar-refractivity contribution in [3.05, 3.63) is 58.1 Å². The van der Waals surface area contributed by atoms with Crippen LogP contribution in [0.1, 0.15) is 55.2 Å². The maximum Gasteiger partial charge on any atom is 0.418 e. The van der Waals surface area contributed by atoms with Gasteiger partial charge in [-0.05, 0) is 80.8 Å². The van der Waals surface area contributed by atoms with Gasteiger partial charge in [0.15, 0.2) is 6.10 Å². The number of carbonyl (C=O) groups is 4. The molecule has 0 saturated carbocycles. The van der Waals surface area contributed by atoms with Crippen LogP contribution in [0.4, 0.5) is 34.1 Å². The third-order valence-electron chi connectivity index (χ3n) is 12.3. The highest BCUT2D eigenvalue weighted by atomic mass is 35.5. The molecule has 4 fully saturated rings. The standard InChI is InChI=1S/C41H53ClF3N7O7/c42-32-25-27(24-31(36(32)46)41(43,44)45)26-35(59-40(56)50-15-10-30(11-16-50)52-17-7-28-4-1-2-5-33(28)47-39(52)55)37(53)49-13-8-29(9-14-49)51-12-3-6-34(51)38(54)58-23-20-48-18-21-57-22-19-48/h1-2,4-5,24-25,29-30,34-35H,3,6-23,26,46H2,(H,47,55)/t34?,35-/m1/s1. The molecule has 0 bridgehead atoms. The van der Waals surface area contributed by atoms with Crippen molar-refractivity contribution in [1.29, 1.82) is 0 Å². The quantitative estimate of drug-likeness (QED) is 0.251. The van der Waals surface area contributed by atoms with Crippen molar-refractivity contribution in [2.45, 2.75) is 81.8 Å². The lowest BCUT2D eigenvalue weighted by Crippen LogP contribution is -2.53. The number of alkyl halides is 3. The molecule has 2 atom stereocenters. The van der Waals surface area contributed by atoms with Crippen LogP contribution >= 0.6 is 11.6 Å². The lowest BCUT2D eigenvalue weighted by atomic mass is 9.99. The number of morpholine rings is 1. The van der Waals surface area contributed by atoms with E-state index >= 15 is 0 Å². The van der Waals surface area contributed by atoms with E-state index in [9.17, 15) is 32.3 Å². The van der Waals surface area contributed by atoms with Crippen LogP contribution in [0.15, 0.2) is 36.4 Å². The number of hydrogen-bond acceptors (Lipinski definition) is 10. The fraction of sp³-hybridized carbons (Fsp3) is 0.610. The molecule has 59 heavy (non-hydrogen) atoms. The summed E-state index contributed by atoms with van der Waals surface area (Å²) in [6.07, 6.45) is -3.09. The zero-order valence-corrected chi connectivity index (χ0v) is 33.9. The number of hydrogen-bond donors (Lipinski definition) is 2. The van der Waals surface area contributed by atoms with Crippen molar-refractivity contribution in [3.63, 3.8) is 0 Å². The second-order valence-corrected chi connectivity index (χ2v) is 16.3. The molecule has 0 spiro atoms. The van der Waals surface area contributed by atoms with Gasteiger partial charge in [0.2, 0.25) is 0 Å². The van der Waals surface area contributed by atoms with Gasteiger partial charge in [-0.15, -0.1) is 0 Å². The Morgan fingerprint density at radius 2 is 1.61 bits per heavy atom. The number of nitrogens with one attached hydrogen (secondary N) is 1. The Morgan fingerprint density at radius 3 is 2.34 bits per heavy atom. The van der Waals surface area contributed by atoms with Crippen LogP contribution in [-0.2, 0) is 42.8 Å². The molecule has 2 aromatic rings. The van der Waals surface area contributed by atoms with Gasteiger partial charge in [0.25, 0.3) is 5.91 Å². The SMILES string of the molecule is Nc1c(Cl)cc(C[C@@H](OC(=O)N2CCC(N3CCc4ccccc4NC3=O)CC2)C(=O)N2CCC(N3CCCC3C(=O)OCCN3CCOCC3)CC2)cc1C(F)(F)F. The number of ether oxygens (including phenoxy) is 3. The van der Waals surface area contributed by atoms with Gasteiger partial charge >= 0.3 is 24.3 Å². The minimum atomic E-state index is -4.80. The Bertz CT molecular complexity index is 1830. The molecule has 7 rings (SSSR count). The molecule has 0 aromatic heterocycles. The fourth-order valence-electron chi connectivity index (χ4n) is 9.01. The van der Waals surface area contributed by atoms with Gasteiger partial charge in [-0.25, -0.2) is 9.59 Å². The first-order valence-electron chi connectivity index (χ1n) is 20.6. The van der Waals surface area contributed by atoms with Crippen LogP contribution in [0.3, 0.4) is 0 Å². The topological polar surface area (TPSA) is 150 Å². The number of fused-ring (bicyclic) bond motifs is 1. The number of urea groups is 1. The van der Waals surface area contributed by atoms with Crippen LogP contribution in [0.5, 0.6) is 0 Å². The Balaban J connectivity index is 0.979. The minimum Gasteiger partial charge on any atom is -0.463 e. The molecule has 2 aromatic carbocycles. The molecule has 4 amide bonds. The van der Waals surface area contributed by atoms with E-state index in [2.05, 4.69) is 15.1 Å². The molecular weight excluding hydrogens is 795 g/mol. The average Bonchev–Trinajstić information content (AvgIpc) is 3.66. The molecule has 0 radical (unpaired) electrons. The molecule has 14 nitrogen and oxygen atoms in total. The number of rotatable bonds is 10. The summed E-state index contributed by atoms with van der Waals surface area (Å²) in [7, 11) is 0. The zero-order chi connectivity index (χ0) is 41.7. The van der Waals surface area contributed by atoms with E-state index < -0.39 is 35.5 Å². The molecule has 5 aliphatic heterocycles. The summed E-state index contributed by atoms with van der Waals surface area (Å²) < 4.78 is 58.8. The highest BCUT2D eigenvalue weighted by Gasteiger charge is 2.41. The van der Waals surface area contributed by atoms with E-state index in [0.717, 1.165) is 43.4 Å². The first-order valence-corrected chi connectivity index (χ1v) is 21.0. The van der Waals surface area contributed by atoms with Crippen LogP contribution < -0.4 is 11.1 Å². The Labute approximate surface area is 347 Å². The lowest BCUT2D eigenvalue weighted by Gasteiger charge is -2.40. The summed E-state index contributed by atoms with van der Waals surface area (Å²) in [5, 5.41) is 2.66. The predicted molar refractivity (Wildman–Crippen MR) is 213 cm³/mol. The van der Waals surface area contributed by atoms with Crippen molar-refractivity contribution < 1.29 is 46.6 Å². The summed E-state index contributed by atoms with van der Waals surface area (Å²) in [5.41, 5.74) is 5.79. The van der Waals surface area contributed by atoms with Crippen LogP contribution in [0.25, 0.3) is 0 Å². The third kappa shape index (κ3) is 10.4. The van der Waals surface area contributed by atoms with Crippen molar-refractivity contribution >= 4 is 47.0 Å². The number of piperidine rings is 2. The number of halogens is 4. The second kappa shape index (κ2) is 18.9. The molecule has 1 unspecified atom stereocenters. The van der Waals surface area contributed by atoms with Gasteiger partial charge in [-0.1, -0.05) is 29.8 Å². The number of amides is 4. The highest BCUT2D eigenvalue weighted by molar-refractivity contribution is 6.33. The largest absolute Gasteiger partial charge is 0.463 e. The van der Waals surface area contributed by atoms with E-state index in [1.54, 1.807) is 9.80 Å². The number of para-hydroxylation sites is 1. The van der Waals surface area contributed by atoms with Crippen molar-refractivity contribution in [2.75, 3.05) is 89.8 Å². The van der Waals surface area contributed by atoms with Crippen molar-refractivity contribution in [1.82, 2.24) is 24.5 Å². The minimum absolute atomic E-state index is 0.0198. The maximum absolute atomic E-state index is 14.2. The maximum atomic E-state index is 14.2. The number of carbonyl (C=O) groups excluding carboxylic acids is 4. The number of nitrogens with zero attached hydrogens (tertiary/aromatic N) is 5. The number of benzene rings is 2. The summed E-state index contributed by atoms with van der Waals surface area (Å²) in [6, 6.07) is 9.07. The lowest BCUT2D eigenvalue weighted by molar-refractivity contribution is -0.151. The van der Waals surface area contributed by atoms with Crippen LogP contribution in [0.2, 0.25) is 5.02 Å². The highest BCUT2D eigenvalue weighted by Crippen LogP contribution is 2.38. The van der Waals surface area contributed by atoms with E-state index in [1.165, 1.54) is 11.0 Å². The summed E-state index contributed by atoms with van der Waals surface area (Å²) in [6.45, 7) is 6.27. The zero-order valence-electron chi connectivity index (χ0n) is 33.1. The number of likely N-dealkylation sites (tertiary alicyclic amines) is 3. The van der Waals surface area contributed by atoms with Crippen molar-refractivity contribution in [2.24, 2.45) is 0 Å². The van der Waals surface area contributed by atoms with Gasteiger partial charge in [0, 0.05) is 76.5 Å². The molecule has 5 aliphatic rings. The molecule has 322 valence electrons. The van der Waals surface area contributed by atoms with Gasteiger partial charge in [-0.2, -0.15) is 13.2 Å². The normalized spacial score (nSPS) is 22.1. The monoisotopic (exact) mass is 847 g/mol. The second-order valence-electron chi connectivity index (χ2n) is 15.9. The van der Waals surface area contributed by atoms with E-state index in [4.69, 9.17) is 31.5 Å². The van der Waals surface area contributed by atoms with E-state index in [-0.39, 0.29) is 60.2 Å². The molecule has 18 heteroatoms. The van der Waals surface area contributed by atoms with Gasteiger partial charge in [0.1, 0.15) is 12.6 Å². The Hall–Kier alpha value is -4.32. The van der Waals surface area contributed by atoms with E-state index in [1.807, 2.05) is 24.3 Å². The Morgan fingerprint density at radius 1 is 0.915 bits per heavy atom. The number of esters is 1. The van der Waals surface area contributed by atoms with Crippen LogP contribution in [0, 0.1) is 0 Å². The third-order valence-corrected chi connectivity index (χ3v) is 12.6. The first-order chi connectivity index (χ1) is 28.4. The van der Waals surface area contributed by atoms with Gasteiger partial charge in [-0.3, -0.25) is 19.4 Å². The summed E-state index contributed by atoms with van der Waals surface area (Å²) in [4.78, 5) is 63.5. The summed E-state index contributed by atoms with van der Waals surface area (Å²) >= 11 is 6.15. The predicted octanol–water partition coefficient (Wildman–Crippen LogP) is 4.87. The molecular formula is C41H53ClF3N7O7. The Kier molecular flexibility index (Phi) is 13.7.